The Morgan fingerprint density at radius 2 is 0.860 bits per heavy atom. The normalized spacial score (nSPS) is 12.5. The molecule has 0 amide bonds. The minimum Gasteiger partial charge on any atom is -0.357 e. The summed E-state index contributed by atoms with van der Waals surface area (Å²) in [5.74, 6) is -0.552. The van der Waals surface area contributed by atoms with Crippen LogP contribution in [-0.4, -0.2) is 55.8 Å². The van der Waals surface area contributed by atoms with E-state index in [-0.39, 0.29) is 147 Å². The van der Waals surface area contributed by atoms with E-state index in [1.54, 1.807) is 0 Å². The van der Waals surface area contributed by atoms with Crippen molar-refractivity contribution in [2.45, 2.75) is 9.79 Å². The number of benzene rings is 4. The molecule has 0 spiro atoms. The predicted molar refractivity (Wildman–Crippen MR) is 214 cm³/mol. The van der Waals surface area contributed by atoms with Gasteiger partial charge in [-0.2, -0.15) is 16.8 Å². The number of hydrogen-bond acceptors (Lipinski definition) is 10. The Morgan fingerprint density at radius 1 is 0.439 bits per heavy atom. The van der Waals surface area contributed by atoms with Gasteiger partial charge in [0.15, 0.2) is 11.6 Å². The fraction of sp³-hybridized carbons (Fsp3) is 0. The second-order valence-corrected chi connectivity index (χ2v) is 17.7. The first kappa shape index (κ1) is 40.7. The maximum atomic E-state index is 12.2. The van der Waals surface area contributed by atoms with Crippen molar-refractivity contribution in [3.8, 4) is 45.6 Å². The van der Waals surface area contributed by atoms with Gasteiger partial charge < -0.3 is 24.9 Å². The minimum absolute atomic E-state index is 0. The quantitative estimate of drug-likeness (QED) is 0.0714. The second kappa shape index (κ2) is 14.0. The molecule has 0 saturated heterocycles. The molecule has 8 bridgehead atoms. The zero-order valence-corrected chi connectivity index (χ0v) is 35.3. The Morgan fingerprint density at radius 3 is 1.46 bits per heavy atom. The van der Waals surface area contributed by atoms with Gasteiger partial charge in [0.1, 0.15) is 0 Å². The fourth-order valence-corrected chi connectivity index (χ4v) is 9.22. The third kappa shape index (κ3) is 6.35. The van der Waals surface area contributed by atoms with Crippen LogP contribution in [0.4, 0.5) is 0 Å². The Kier molecular flexibility index (Phi) is 9.99. The first-order chi connectivity index (χ1) is 26.3. The third-order valence-corrected chi connectivity index (χ3v) is 14.0. The van der Waals surface area contributed by atoms with E-state index in [1.807, 2.05) is 0 Å². The molecule has 3 aromatic heterocycles. The maximum Gasteiger partial charge on any atom is 2.00 e. The van der Waals surface area contributed by atoms with Crippen LogP contribution in [-0.2, 0) is 37.3 Å². The second-order valence-electron chi connectivity index (χ2n) is 11.9. The molecule has 4 aromatic carbocycles. The molecule has 291 valence electrons. The molecule has 14 nitrogen and oxygen atoms in total. The van der Waals surface area contributed by atoms with Crippen LogP contribution < -0.4 is 9.97 Å². The van der Waals surface area contributed by atoms with Crippen LogP contribution in [0.3, 0.4) is 0 Å². The first-order valence-corrected chi connectivity index (χ1v) is 20.9. The maximum absolute atomic E-state index is 12.2. The summed E-state index contributed by atoms with van der Waals surface area (Å²) < 4.78 is 68.8. The SMILES string of the molecule is O=S(=O)(O)c1ccc2c(c1)-c1nc-2nc2[n-]c(nc3[n-]c(nc4nc(n1)-c1c(Cl)c(Cl)c(Cl)c(Cl)c1-4)c1c(Cl)c(Cl)c(Cl)c(Cl)c31)c1cc(S(=O)(=O)O)ccc21.[Cu+2]. The molecule has 2 N–H and O–H groups in total. The summed E-state index contributed by atoms with van der Waals surface area (Å²) in [7, 11) is -9.45. The zero-order valence-electron chi connectivity index (χ0n) is 26.7. The molecular formula is C32H8Cl8CuN8O6S2. The molecule has 0 fully saturated rings. The van der Waals surface area contributed by atoms with Crippen LogP contribution in [0.25, 0.3) is 89.7 Å². The molecule has 0 saturated carbocycles. The van der Waals surface area contributed by atoms with Crippen LogP contribution in [0, 0.1) is 0 Å². The van der Waals surface area contributed by atoms with Gasteiger partial charge in [0, 0.05) is 50.1 Å². The van der Waals surface area contributed by atoms with Crippen molar-refractivity contribution < 1.29 is 43.0 Å². The van der Waals surface area contributed by atoms with Crippen LogP contribution >= 0.6 is 92.8 Å². The van der Waals surface area contributed by atoms with Gasteiger partial charge in [0.05, 0.1) is 67.2 Å². The van der Waals surface area contributed by atoms with E-state index in [4.69, 9.17) is 92.8 Å². The van der Waals surface area contributed by atoms with E-state index in [2.05, 4.69) is 39.9 Å². The zero-order chi connectivity index (χ0) is 39.9. The van der Waals surface area contributed by atoms with Crippen molar-refractivity contribution in [2.24, 2.45) is 0 Å². The molecule has 0 unspecified atom stereocenters. The molecule has 7 aromatic rings. The molecule has 0 atom stereocenters. The van der Waals surface area contributed by atoms with Crippen LogP contribution in [0.1, 0.15) is 0 Å². The summed E-state index contributed by atoms with van der Waals surface area (Å²) in [6.07, 6.45) is 0. The van der Waals surface area contributed by atoms with E-state index in [1.165, 1.54) is 12.1 Å². The van der Waals surface area contributed by atoms with Crippen LogP contribution in [0.2, 0.25) is 40.2 Å². The molecule has 0 aliphatic carbocycles. The third-order valence-electron chi connectivity index (χ3n) is 8.66. The number of nitrogens with zero attached hydrogens (tertiary/aromatic N) is 8. The Hall–Kier alpha value is -3.10. The number of hydrogen-bond donors (Lipinski definition) is 2. The van der Waals surface area contributed by atoms with Crippen molar-refractivity contribution in [3.05, 3.63) is 76.6 Å². The van der Waals surface area contributed by atoms with Crippen LogP contribution in [0.5, 0.6) is 0 Å². The molecule has 9 rings (SSSR count). The Balaban J connectivity index is 0.00000455. The Bertz CT molecular complexity index is 3440. The van der Waals surface area contributed by atoms with E-state index in [0.717, 1.165) is 24.3 Å². The average Bonchev–Trinajstić information content (AvgIpc) is 3.88. The monoisotopic (exact) mass is 1010 g/mol. The van der Waals surface area contributed by atoms with E-state index in [0.29, 0.717) is 0 Å². The molecule has 57 heavy (non-hydrogen) atoms. The number of aromatic nitrogens is 8. The average molecular weight is 1010 g/mol. The summed E-state index contributed by atoms with van der Waals surface area (Å²) in [6, 6.07) is 7.17. The number of halogens is 8. The van der Waals surface area contributed by atoms with Gasteiger partial charge in [-0.1, -0.05) is 105 Å². The summed E-state index contributed by atoms with van der Waals surface area (Å²) in [5, 5.41) is -0.688. The largest absolute Gasteiger partial charge is 2.00 e. The molecule has 1 radical (unpaired) electrons. The molecule has 5 heterocycles. The van der Waals surface area contributed by atoms with E-state index in [9.17, 15) is 25.9 Å². The number of fused-ring (bicyclic) bond motifs is 20. The molecule has 2 aliphatic heterocycles. The fourth-order valence-electron chi connectivity index (χ4n) is 6.16. The molecule has 2 aliphatic rings. The number of rotatable bonds is 2. The van der Waals surface area contributed by atoms with Crippen molar-refractivity contribution in [1.29, 1.82) is 0 Å². The van der Waals surface area contributed by atoms with Gasteiger partial charge in [-0.15, -0.1) is 0 Å². The van der Waals surface area contributed by atoms with Gasteiger partial charge in [0.25, 0.3) is 20.2 Å². The van der Waals surface area contributed by atoms with Crippen molar-refractivity contribution in [1.82, 2.24) is 39.9 Å². The van der Waals surface area contributed by atoms with Crippen molar-refractivity contribution >= 4 is 157 Å². The smallest absolute Gasteiger partial charge is 0.357 e. The standard InChI is InChI=1S/C32H8Cl8N8O6S2.Cu/c33-17-13-15(19(35)23(39)21(17)37)31-46-29(13)44-27-11-5-7(55(49,50)51)1-3-9(11)25(42-27)41-26-10-4-2-8(56(52,53)54)6-12(10)28(43-26)45-30-14-16(32(47-30)48-31)20(36)24(40)22(38)18(14)34;/h1-6H,(H2-2,41,42,43,44,45,46,47,48,49,50,51,52,53,54);/q-2;+2. The topological polar surface area (TPSA) is 214 Å². The van der Waals surface area contributed by atoms with E-state index >= 15 is 0 Å². The van der Waals surface area contributed by atoms with Crippen molar-refractivity contribution in [2.75, 3.05) is 0 Å². The summed E-state index contributed by atoms with van der Waals surface area (Å²) in [6.45, 7) is 0. The molecular weight excluding hydrogens is 1000 g/mol. The van der Waals surface area contributed by atoms with Crippen molar-refractivity contribution in [3.63, 3.8) is 0 Å². The summed E-state index contributed by atoms with van der Waals surface area (Å²) in [5.41, 5.74) is -0.130. The van der Waals surface area contributed by atoms with E-state index < -0.39 is 30.0 Å². The summed E-state index contributed by atoms with van der Waals surface area (Å²) in [4.78, 5) is 36.0. The van der Waals surface area contributed by atoms with Crippen LogP contribution in [0.15, 0.2) is 46.2 Å². The van der Waals surface area contributed by atoms with Gasteiger partial charge in [-0.25, -0.2) is 15.0 Å². The van der Waals surface area contributed by atoms with Gasteiger partial charge >= 0.3 is 17.1 Å². The summed E-state index contributed by atoms with van der Waals surface area (Å²) >= 11 is 53.0. The molecule has 25 heteroatoms. The Labute approximate surface area is 368 Å². The van der Waals surface area contributed by atoms with Gasteiger partial charge in [0.2, 0.25) is 0 Å². The van der Waals surface area contributed by atoms with Gasteiger partial charge in [-0.05, 0) is 35.0 Å². The minimum atomic E-state index is -4.72. The predicted octanol–water partition coefficient (Wildman–Crippen LogP) is 9.85. The van der Waals surface area contributed by atoms with Gasteiger partial charge in [-0.3, -0.25) is 9.11 Å². The first-order valence-electron chi connectivity index (χ1n) is 15.0.